The number of amides is 1. The Labute approximate surface area is 266 Å². The summed E-state index contributed by atoms with van der Waals surface area (Å²) >= 11 is 9.82. The van der Waals surface area contributed by atoms with Crippen molar-refractivity contribution >= 4 is 62.1 Å². The predicted octanol–water partition coefficient (Wildman–Crippen LogP) is 6.41. The molecule has 3 fully saturated rings. The van der Waals surface area contributed by atoms with E-state index in [0.717, 1.165) is 47.8 Å². The van der Waals surface area contributed by atoms with E-state index >= 15 is 0 Å². The van der Waals surface area contributed by atoms with Gasteiger partial charge in [0.15, 0.2) is 5.13 Å². The van der Waals surface area contributed by atoms with Gasteiger partial charge in [0.25, 0.3) is 5.91 Å². The van der Waals surface area contributed by atoms with Crippen LogP contribution in [0, 0.1) is 5.92 Å². The van der Waals surface area contributed by atoms with Crippen LogP contribution in [0.3, 0.4) is 0 Å². The Hall–Kier alpha value is -2.73. The second-order valence-electron chi connectivity index (χ2n) is 11.5. The smallest absolute Gasteiger partial charge is 0.309 e. The summed E-state index contributed by atoms with van der Waals surface area (Å²) in [4.78, 5) is 43.1. The van der Waals surface area contributed by atoms with Crippen LogP contribution in [-0.4, -0.2) is 78.7 Å². The number of thiazole rings is 1. The molecule has 0 unspecified atom stereocenters. The molecule has 3 aromatic heterocycles. The van der Waals surface area contributed by atoms with Gasteiger partial charge in [0.2, 0.25) is 0 Å². The van der Waals surface area contributed by atoms with Crippen LogP contribution in [-0.2, 0) is 9.53 Å². The minimum absolute atomic E-state index is 0.0944. The highest BCUT2D eigenvalue weighted by Crippen LogP contribution is 2.41. The average Bonchev–Trinajstić information content (AvgIpc) is 3.72. The zero-order valence-corrected chi connectivity index (χ0v) is 27.0. The molecule has 0 radical (unpaired) electrons. The molecule has 1 amide bonds. The van der Waals surface area contributed by atoms with E-state index in [2.05, 4.69) is 36.4 Å². The van der Waals surface area contributed by atoms with Crippen molar-refractivity contribution in [2.24, 2.45) is 5.92 Å². The molecule has 0 spiro atoms. The molecule has 3 aromatic rings. The number of piperazine rings is 1. The van der Waals surface area contributed by atoms with Crippen LogP contribution in [0.2, 0.25) is 5.02 Å². The molecule has 0 atom stereocenters. The second kappa shape index (κ2) is 13.9. The van der Waals surface area contributed by atoms with Crippen molar-refractivity contribution in [1.82, 2.24) is 14.9 Å². The van der Waals surface area contributed by atoms with Gasteiger partial charge in [-0.15, -0.1) is 11.3 Å². The maximum absolute atomic E-state index is 13.3. The summed E-state index contributed by atoms with van der Waals surface area (Å²) in [6.45, 7) is 7.57. The number of carbonyl (C=O) groups excluding carboxylic acids is 2. The van der Waals surface area contributed by atoms with Gasteiger partial charge in [-0.05, 0) is 50.1 Å². The molecule has 43 heavy (non-hydrogen) atoms. The van der Waals surface area contributed by atoms with E-state index in [9.17, 15) is 9.59 Å². The fraction of sp³-hybridized carbons (Fsp3) is 0.548. The normalized spacial score (nSPS) is 19.0. The maximum Gasteiger partial charge on any atom is 0.309 e. The summed E-state index contributed by atoms with van der Waals surface area (Å²) in [6.07, 6.45) is 9.67. The van der Waals surface area contributed by atoms with Crippen LogP contribution < -0.4 is 15.1 Å². The fourth-order valence-corrected chi connectivity index (χ4v) is 8.53. The van der Waals surface area contributed by atoms with Crippen molar-refractivity contribution in [2.45, 2.75) is 57.9 Å². The molecular weight excluding hydrogens is 604 g/mol. The fourth-order valence-electron chi connectivity index (χ4n) is 6.43. The van der Waals surface area contributed by atoms with Gasteiger partial charge in [-0.25, -0.2) is 9.97 Å². The minimum Gasteiger partial charge on any atom is -0.466 e. The van der Waals surface area contributed by atoms with E-state index < -0.39 is 0 Å². The van der Waals surface area contributed by atoms with Crippen molar-refractivity contribution in [3.63, 3.8) is 0 Å². The Morgan fingerprint density at radius 2 is 1.81 bits per heavy atom. The van der Waals surface area contributed by atoms with Gasteiger partial charge in [0.1, 0.15) is 16.5 Å². The number of nitrogens with one attached hydrogen (secondary N) is 1. The molecule has 1 N–H and O–H groups in total. The molecule has 2 aliphatic heterocycles. The molecule has 0 bridgehead atoms. The Kier molecular flexibility index (Phi) is 9.81. The monoisotopic (exact) mass is 642 g/mol. The topological polar surface area (TPSA) is 90.9 Å². The lowest BCUT2D eigenvalue weighted by atomic mass is 9.94. The number of rotatable bonds is 8. The van der Waals surface area contributed by atoms with Gasteiger partial charge >= 0.3 is 5.97 Å². The van der Waals surface area contributed by atoms with Gasteiger partial charge in [-0.3, -0.25) is 19.8 Å². The Morgan fingerprint density at radius 3 is 2.49 bits per heavy atom. The summed E-state index contributed by atoms with van der Waals surface area (Å²) in [7, 11) is 0. The van der Waals surface area contributed by atoms with Gasteiger partial charge in [-0.2, -0.15) is 0 Å². The number of piperidine rings is 1. The summed E-state index contributed by atoms with van der Waals surface area (Å²) < 4.78 is 5.18. The van der Waals surface area contributed by atoms with Gasteiger partial charge in [0, 0.05) is 51.5 Å². The Balaban J connectivity index is 1.12. The number of thiophene rings is 1. The SMILES string of the molecule is CCOC(=O)C1CCN(c2ncc(C(=O)Nc3nc(-c4cccs4)c(N4CCN(C5CCCCC5)CC4)s3)cc2Cl)CC1. The van der Waals surface area contributed by atoms with Gasteiger partial charge in [-0.1, -0.05) is 48.3 Å². The zero-order chi connectivity index (χ0) is 29.8. The highest BCUT2D eigenvalue weighted by Gasteiger charge is 2.30. The first-order valence-corrected chi connectivity index (χ1v) is 17.5. The molecule has 3 aliphatic rings. The summed E-state index contributed by atoms with van der Waals surface area (Å²) in [5.41, 5.74) is 1.31. The number of anilines is 3. The third-order valence-corrected chi connectivity index (χ3v) is 11.0. The van der Waals surface area contributed by atoms with Crippen molar-refractivity contribution in [3.05, 3.63) is 40.4 Å². The molecule has 5 heterocycles. The van der Waals surface area contributed by atoms with E-state index in [4.69, 9.17) is 21.3 Å². The van der Waals surface area contributed by atoms with E-state index in [1.165, 1.54) is 43.4 Å². The number of esters is 1. The number of carbonyl (C=O) groups is 2. The predicted molar refractivity (Wildman–Crippen MR) is 175 cm³/mol. The first kappa shape index (κ1) is 30.3. The quantitative estimate of drug-likeness (QED) is 0.282. The van der Waals surface area contributed by atoms with Crippen molar-refractivity contribution in [1.29, 1.82) is 0 Å². The summed E-state index contributed by atoms with van der Waals surface area (Å²) in [5.74, 6) is 0.108. The lowest BCUT2D eigenvalue weighted by Crippen LogP contribution is -2.50. The lowest BCUT2D eigenvalue weighted by molar-refractivity contribution is -0.148. The number of nitrogens with zero attached hydrogens (tertiary/aromatic N) is 5. The number of hydrogen-bond donors (Lipinski definition) is 1. The molecule has 1 saturated carbocycles. The molecule has 0 aromatic carbocycles. The molecule has 2 saturated heterocycles. The van der Waals surface area contributed by atoms with Crippen molar-refractivity contribution in [2.75, 3.05) is 61.0 Å². The standard InChI is InChI=1S/C31H39ClN6O3S2/c1-2-41-30(40)21-10-12-37(13-11-21)27-24(32)19-22(20-33-27)28(39)35-31-34-26(25-9-6-18-42-25)29(43-31)38-16-14-36(15-17-38)23-7-4-3-5-8-23/h6,9,18-21,23H,2-5,7-8,10-17H2,1H3,(H,34,35,39). The molecule has 9 nitrogen and oxygen atoms in total. The summed E-state index contributed by atoms with van der Waals surface area (Å²) in [5, 5.41) is 7.16. The highest BCUT2D eigenvalue weighted by molar-refractivity contribution is 7.21. The van der Waals surface area contributed by atoms with Gasteiger partial charge < -0.3 is 14.5 Å². The van der Waals surface area contributed by atoms with Crippen LogP contribution in [0.5, 0.6) is 0 Å². The van der Waals surface area contributed by atoms with E-state index in [1.807, 2.05) is 13.0 Å². The van der Waals surface area contributed by atoms with E-state index in [1.54, 1.807) is 23.6 Å². The van der Waals surface area contributed by atoms with Crippen molar-refractivity contribution < 1.29 is 14.3 Å². The molecule has 1 aliphatic carbocycles. The largest absolute Gasteiger partial charge is 0.466 e. The minimum atomic E-state index is -0.290. The zero-order valence-electron chi connectivity index (χ0n) is 24.6. The average molecular weight is 643 g/mol. The number of aromatic nitrogens is 2. The maximum atomic E-state index is 13.3. The van der Waals surface area contributed by atoms with Crippen LogP contribution >= 0.6 is 34.3 Å². The highest BCUT2D eigenvalue weighted by atomic mass is 35.5. The lowest BCUT2D eigenvalue weighted by Gasteiger charge is -2.41. The molecule has 6 rings (SSSR count). The Morgan fingerprint density at radius 1 is 1.05 bits per heavy atom. The van der Waals surface area contributed by atoms with Crippen molar-refractivity contribution in [3.8, 4) is 10.6 Å². The molecule has 12 heteroatoms. The number of pyridine rings is 1. The number of ether oxygens (including phenoxy) is 1. The molecular formula is C31H39ClN6O3S2. The van der Waals surface area contributed by atoms with Gasteiger partial charge in [0.05, 0.1) is 28.0 Å². The van der Waals surface area contributed by atoms with Crippen LogP contribution in [0.25, 0.3) is 10.6 Å². The molecule has 230 valence electrons. The first-order valence-electron chi connectivity index (χ1n) is 15.4. The van der Waals surface area contributed by atoms with Crippen LogP contribution in [0.4, 0.5) is 16.0 Å². The first-order chi connectivity index (χ1) is 21.0. The van der Waals surface area contributed by atoms with Crippen LogP contribution in [0.15, 0.2) is 29.8 Å². The number of hydrogen-bond acceptors (Lipinski definition) is 10. The van der Waals surface area contributed by atoms with E-state index in [0.29, 0.717) is 54.1 Å². The third-order valence-electron chi connectivity index (χ3n) is 8.78. The second-order valence-corrected chi connectivity index (χ2v) is 13.8. The summed E-state index contributed by atoms with van der Waals surface area (Å²) in [6, 6.07) is 6.52. The third kappa shape index (κ3) is 7.00. The van der Waals surface area contributed by atoms with Crippen LogP contribution in [0.1, 0.15) is 62.2 Å². The number of halogens is 1. The van der Waals surface area contributed by atoms with E-state index in [-0.39, 0.29) is 17.8 Å². The Bertz CT molecular complexity index is 1390.